The molecule has 1 aromatic rings. The molecule has 0 aromatic carbocycles. The van der Waals surface area contributed by atoms with Crippen LogP contribution in [0.15, 0.2) is 6.07 Å². The molecule has 7 heteroatoms. The first-order chi connectivity index (χ1) is 8.49. The van der Waals surface area contributed by atoms with Gasteiger partial charge in [0.1, 0.15) is 11.6 Å². The molecule has 0 spiro atoms. The maximum atomic E-state index is 12.6. The van der Waals surface area contributed by atoms with Crippen LogP contribution < -0.4 is 10.6 Å². The van der Waals surface area contributed by atoms with Crippen LogP contribution in [0.2, 0.25) is 0 Å². The molecular formula is C11H15F3N4. The fourth-order valence-electron chi connectivity index (χ4n) is 1.43. The van der Waals surface area contributed by atoms with Gasteiger partial charge in [-0.2, -0.15) is 13.2 Å². The number of hydrogen-bond donors (Lipinski definition) is 2. The minimum absolute atomic E-state index is 0.210. The van der Waals surface area contributed by atoms with E-state index in [2.05, 4.69) is 20.6 Å². The topological polar surface area (TPSA) is 49.8 Å². The highest BCUT2D eigenvalue weighted by Crippen LogP contribution is 2.30. The molecule has 4 nitrogen and oxygen atoms in total. The molecule has 0 saturated heterocycles. The van der Waals surface area contributed by atoms with Crippen molar-refractivity contribution in [3.8, 4) is 0 Å². The molecule has 0 amide bonds. The van der Waals surface area contributed by atoms with E-state index in [1.165, 1.54) is 6.07 Å². The predicted octanol–water partition coefficient (Wildman–Crippen LogP) is 2.89. The second-order valence-corrected chi connectivity index (χ2v) is 4.31. The number of alkyl halides is 3. The van der Waals surface area contributed by atoms with E-state index in [1.807, 2.05) is 6.92 Å². The molecule has 18 heavy (non-hydrogen) atoms. The Morgan fingerprint density at radius 2 is 1.94 bits per heavy atom. The number of aromatic nitrogens is 2. The molecule has 1 aliphatic rings. The second kappa shape index (κ2) is 4.99. The lowest BCUT2D eigenvalue weighted by atomic mass is 10.4. The third-order valence-electron chi connectivity index (χ3n) is 2.47. The summed E-state index contributed by atoms with van der Waals surface area (Å²) in [6.07, 6.45) is -1.76. The van der Waals surface area contributed by atoms with E-state index < -0.39 is 12.0 Å². The monoisotopic (exact) mass is 260 g/mol. The van der Waals surface area contributed by atoms with Crippen LogP contribution in [-0.2, 0) is 6.18 Å². The van der Waals surface area contributed by atoms with Crippen LogP contribution >= 0.6 is 0 Å². The van der Waals surface area contributed by atoms with Gasteiger partial charge in [-0.05, 0) is 19.3 Å². The third kappa shape index (κ3) is 3.48. The number of rotatable bonds is 5. The number of hydrogen-bond acceptors (Lipinski definition) is 4. The lowest BCUT2D eigenvalue weighted by Crippen LogP contribution is -2.16. The fourth-order valence-corrected chi connectivity index (χ4v) is 1.43. The van der Waals surface area contributed by atoms with Gasteiger partial charge in [0.15, 0.2) is 0 Å². The van der Waals surface area contributed by atoms with E-state index >= 15 is 0 Å². The van der Waals surface area contributed by atoms with Crippen LogP contribution in [0.25, 0.3) is 0 Å². The Hall–Kier alpha value is -1.53. The third-order valence-corrected chi connectivity index (χ3v) is 2.47. The highest BCUT2D eigenvalue weighted by atomic mass is 19.4. The number of halogens is 3. The molecule has 0 aliphatic heterocycles. The standard InChI is InChI=1S/C11H15F3N4/c1-2-5-15-8-6-9(16-7-3-4-7)18-10(17-8)11(12,13)14/h6-7H,2-5H2,1H3,(H2,15,16,17,18). The van der Waals surface area contributed by atoms with Crippen molar-refractivity contribution in [2.45, 2.75) is 38.4 Å². The zero-order chi connectivity index (χ0) is 13.2. The van der Waals surface area contributed by atoms with Gasteiger partial charge in [0.25, 0.3) is 0 Å². The van der Waals surface area contributed by atoms with Gasteiger partial charge in [-0.1, -0.05) is 6.92 Å². The van der Waals surface area contributed by atoms with Crippen LogP contribution in [0, 0.1) is 0 Å². The Balaban J connectivity index is 2.22. The molecule has 2 rings (SSSR count). The summed E-state index contributed by atoms with van der Waals surface area (Å²) in [7, 11) is 0. The molecule has 1 aliphatic carbocycles. The van der Waals surface area contributed by atoms with Gasteiger partial charge in [0.2, 0.25) is 5.82 Å². The summed E-state index contributed by atoms with van der Waals surface area (Å²) in [5.74, 6) is -0.660. The van der Waals surface area contributed by atoms with Crippen molar-refractivity contribution < 1.29 is 13.2 Å². The van der Waals surface area contributed by atoms with Gasteiger partial charge < -0.3 is 10.6 Å². The summed E-state index contributed by atoms with van der Waals surface area (Å²) in [6.45, 7) is 2.51. The van der Waals surface area contributed by atoms with E-state index in [1.54, 1.807) is 0 Å². The smallest absolute Gasteiger partial charge is 0.370 e. The molecular weight excluding hydrogens is 245 g/mol. The highest BCUT2D eigenvalue weighted by molar-refractivity contribution is 5.49. The Labute approximate surface area is 103 Å². The van der Waals surface area contributed by atoms with Gasteiger partial charge in [-0.15, -0.1) is 0 Å². The normalized spacial score (nSPS) is 15.6. The largest absolute Gasteiger partial charge is 0.451 e. The van der Waals surface area contributed by atoms with E-state index in [0.29, 0.717) is 6.54 Å². The van der Waals surface area contributed by atoms with Gasteiger partial charge in [-0.25, -0.2) is 9.97 Å². The molecule has 0 bridgehead atoms. The Bertz CT molecular complexity index is 415. The van der Waals surface area contributed by atoms with E-state index in [-0.39, 0.29) is 17.7 Å². The fraction of sp³-hybridized carbons (Fsp3) is 0.636. The average molecular weight is 260 g/mol. The van der Waals surface area contributed by atoms with E-state index in [9.17, 15) is 13.2 Å². The molecule has 0 radical (unpaired) electrons. The van der Waals surface area contributed by atoms with E-state index in [4.69, 9.17) is 0 Å². The molecule has 1 saturated carbocycles. The SMILES string of the molecule is CCCNc1cc(NC2CC2)nc(C(F)(F)F)n1. The first-order valence-corrected chi connectivity index (χ1v) is 5.95. The van der Waals surface area contributed by atoms with E-state index in [0.717, 1.165) is 19.3 Å². The minimum atomic E-state index is -4.52. The minimum Gasteiger partial charge on any atom is -0.370 e. The molecule has 2 N–H and O–H groups in total. The molecule has 0 unspecified atom stereocenters. The summed E-state index contributed by atoms with van der Waals surface area (Å²) in [6, 6.07) is 1.77. The molecule has 1 heterocycles. The number of nitrogens with zero attached hydrogens (tertiary/aromatic N) is 2. The van der Waals surface area contributed by atoms with Crippen LogP contribution in [-0.4, -0.2) is 22.6 Å². The second-order valence-electron chi connectivity index (χ2n) is 4.31. The van der Waals surface area contributed by atoms with Crippen molar-refractivity contribution >= 4 is 11.6 Å². The Kier molecular flexibility index (Phi) is 3.58. The van der Waals surface area contributed by atoms with Crippen molar-refractivity contribution in [3.63, 3.8) is 0 Å². The summed E-state index contributed by atoms with van der Waals surface area (Å²) in [5, 5.41) is 5.80. The van der Waals surface area contributed by atoms with Gasteiger partial charge in [0.05, 0.1) is 0 Å². The lowest BCUT2D eigenvalue weighted by Gasteiger charge is -2.12. The predicted molar refractivity (Wildman–Crippen MR) is 62.5 cm³/mol. The lowest BCUT2D eigenvalue weighted by molar-refractivity contribution is -0.144. The summed E-state index contributed by atoms with van der Waals surface area (Å²) in [4.78, 5) is 6.99. The van der Waals surface area contributed by atoms with Gasteiger partial charge in [-0.3, -0.25) is 0 Å². The summed E-state index contributed by atoms with van der Waals surface area (Å²) >= 11 is 0. The van der Waals surface area contributed by atoms with Crippen molar-refractivity contribution in [2.75, 3.05) is 17.2 Å². The van der Waals surface area contributed by atoms with Crippen molar-refractivity contribution in [3.05, 3.63) is 11.9 Å². The molecule has 1 aromatic heterocycles. The molecule has 100 valence electrons. The quantitative estimate of drug-likeness (QED) is 0.854. The van der Waals surface area contributed by atoms with Crippen molar-refractivity contribution in [1.82, 2.24) is 9.97 Å². The Morgan fingerprint density at radius 3 is 2.50 bits per heavy atom. The van der Waals surface area contributed by atoms with Crippen LogP contribution in [0.4, 0.5) is 24.8 Å². The number of anilines is 2. The number of nitrogens with one attached hydrogen (secondary N) is 2. The summed E-state index contributed by atoms with van der Waals surface area (Å²) < 4.78 is 37.9. The first kappa shape index (κ1) is 12.9. The molecule has 1 fully saturated rings. The van der Waals surface area contributed by atoms with Crippen LogP contribution in [0.3, 0.4) is 0 Å². The highest BCUT2D eigenvalue weighted by Gasteiger charge is 2.36. The zero-order valence-corrected chi connectivity index (χ0v) is 10.0. The van der Waals surface area contributed by atoms with Crippen molar-refractivity contribution in [1.29, 1.82) is 0 Å². The average Bonchev–Trinajstić information content (AvgIpc) is 3.09. The maximum Gasteiger partial charge on any atom is 0.451 e. The van der Waals surface area contributed by atoms with Crippen LogP contribution in [0.5, 0.6) is 0 Å². The van der Waals surface area contributed by atoms with Gasteiger partial charge >= 0.3 is 6.18 Å². The van der Waals surface area contributed by atoms with Crippen LogP contribution in [0.1, 0.15) is 32.0 Å². The molecule has 0 atom stereocenters. The zero-order valence-electron chi connectivity index (χ0n) is 10.0. The van der Waals surface area contributed by atoms with Gasteiger partial charge in [0, 0.05) is 18.7 Å². The van der Waals surface area contributed by atoms with Crippen molar-refractivity contribution in [2.24, 2.45) is 0 Å². The maximum absolute atomic E-state index is 12.6. The summed E-state index contributed by atoms with van der Waals surface area (Å²) in [5.41, 5.74) is 0. The Morgan fingerprint density at radius 1 is 1.28 bits per heavy atom. The first-order valence-electron chi connectivity index (χ1n) is 5.95.